The number of fused-ring (bicyclic) bond motifs is 1. The quantitative estimate of drug-likeness (QED) is 0.464. The molecule has 1 aromatic carbocycles. The first kappa shape index (κ1) is 20.4. The highest BCUT2D eigenvalue weighted by atomic mass is 16.5. The molecule has 1 atom stereocenters. The molecule has 3 heterocycles. The lowest BCUT2D eigenvalue weighted by Gasteiger charge is -2.08. The van der Waals surface area contributed by atoms with Crippen LogP contribution in [0, 0.1) is 11.3 Å². The van der Waals surface area contributed by atoms with Crippen LogP contribution < -0.4 is 9.47 Å². The van der Waals surface area contributed by atoms with Crippen molar-refractivity contribution in [3.8, 4) is 28.8 Å². The van der Waals surface area contributed by atoms with E-state index >= 15 is 0 Å². The highest BCUT2D eigenvalue weighted by Crippen LogP contribution is 2.25. The van der Waals surface area contributed by atoms with Crippen molar-refractivity contribution in [3.05, 3.63) is 54.1 Å². The number of benzene rings is 1. The number of hydrogen-bond acceptors (Lipinski definition) is 6. The van der Waals surface area contributed by atoms with E-state index < -0.39 is 0 Å². The van der Waals surface area contributed by atoms with Gasteiger partial charge < -0.3 is 14.5 Å². The van der Waals surface area contributed by atoms with Gasteiger partial charge in [0.15, 0.2) is 5.65 Å². The summed E-state index contributed by atoms with van der Waals surface area (Å²) in [7, 11) is 3.30. The lowest BCUT2D eigenvalue weighted by Crippen LogP contribution is -2.03. The van der Waals surface area contributed by atoms with E-state index in [4.69, 9.17) is 19.7 Å². The van der Waals surface area contributed by atoms with Crippen LogP contribution in [0.2, 0.25) is 0 Å². The molecule has 158 valence electrons. The molecule has 1 N–H and O–H groups in total. The second-order valence-corrected chi connectivity index (χ2v) is 7.42. The molecule has 8 nitrogen and oxygen atoms in total. The molecule has 0 bridgehead atoms. The summed E-state index contributed by atoms with van der Waals surface area (Å²) in [5.74, 6) is 1.55. The molecule has 8 heteroatoms. The van der Waals surface area contributed by atoms with Crippen molar-refractivity contribution in [1.29, 1.82) is 5.26 Å². The molecular weight excluding hydrogens is 392 g/mol. The first-order valence-corrected chi connectivity index (χ1v) is 10.1. The Hall–Kier alpha value is -3.86. The molecule has 0 saturated carbocycles. The van der Waals surface area contributed by atoms with Crippen LogP contribution in [-0.4, -0.2) is 39.0 Å². The normalized spacial score (nSPS) is 11.9. The van der Waals surface area contributed by atoms with Crippen molar-refractivity contribution in [2.75, 3.05) is 14.2 Å². The van der Waals surface area contributed by atoms with E-state index in [-0.39, 0.29) is 6.04 Å². The zero-order chi connectivity index (χ0) is 21.8. The average Bonchev–Trinajstić information content (AvgIpc) is 3.44. The van der Waals surface area contributed by atoms with Crippen LogP contribution in [0.5, 0.6) is 11.5 Å². The second-order valence-electron chi connectivity index (χ2n) is 7.42. The van der Waals surface area contributed by atoms with Gasteiger partial charge in [-0.2, -0.15) is 10.4 Å². The van der Waals surface area contributed by atoms with Gasteiger partial charge in [0.25, 0.3) is 0 Å². The molecule has 3 aromatic heterocycles. The first-order chi connectivity index (χ1) is 15.1. The van der Waals surface area contributed by atoms with Crippen molar-refractivity contribution >= 4 is 11.2 Å². The van der Waals surface area contributed by atoms with Crippen LogP contribution in [0.1, 0.15) is 30.6 Å². The Bertz CT molecular complexity index is 1210. The van der Waals surface area contributed by atoms with E-state index in [9.17, 15) is 0 Å². The highest BCUT2D eigenvalue weighted by Gasteiger charge is 2.11. The van der Waals surface area contributed by atoms with Gasteiger partial charge in [-0.15, -0.1) is 0 Å². The second kappa shape index (κ2) is 8.88. The number of methoxy groups -OCH3 is 2. The molecule has 1 unspecified atom stereocenters. The zero-order valence-corrected chi connectivity index (χ0v) is 17.8. The van der Waals surface area contributed by atoms with Gasteiger partial charge in [-0.1, -0.05) is 0 Å². The number of ether oxygens (including phenoxy) is 2. The molecule has 0 aliphatic rings. The summed E-state index contributed by atoms with van der Waals surface area (Å²) >= 11 is 0. The van der Waals surface area contributed by atoms with Gasteiger partial charge in [-0.3, -0.25) is 4.68 Å². The molecule has 0 amide bonds. The van der Waals surface area contributed by atoms with Crippen LogP contribution >= 0.6 is 0 Å². The molecule has 4 rings (SSSR count). The number of aromatic nitrogens is 5. The summed E-state index contributed by atoms with van der Waals surface area (Å²) in [5.41, 5.74) is 5.42. The van der Waals surface area contributed by atoms with Crippen LogP contribution in [0.25, 0.3) is 22.4 Å². The van der Waals surface area contributed by atoms with Gasteiger partial charge in [-0.25, -0.2) is 9.97 Å². The molecule has 0 radical (unpaired) electrons. The van der Waals surface area contributed by atoms with E-state index in [1.54, 1.807) is 31.3 Å². The zero-order valence-electron chi connectivity index (χ0n) is 17.8. The number of aryl methyl sites for hydroxylation is 2. The van der Waals surface area contributed by atoms with Crippen molar-refractivity contribution < 1.29 is 9.47 Å². The van der Waals surface area contributed by atoms with Crippen LogP contribution in [-0.2, 0) is 12.8 Å². The van der Waals surface area contributed by atoms with Gasteiger partial charge in [0.05, 0.1) is 56.5 Å². The monoisotopic (exact) mass is 416 g/mol. The molecule has 4 aromatic rings. The van der Waals surface area contributed by atoms with Gasteiger partial charge in [-0.05, 0) is 43.5 Å². The number of hydrogen-bond donors (Lipinski definition) is 1. The summed E-state index contributed by atoms with van der Waals surface area (Å²) in [4.78, 5) is 12.6. The van der Waals surface area contributed by atoms with Crippen molar-refractivity contribution in [1.82, 2.24) is 24.7 Å². The molecule has 31 heavy (non-hydrogen) atoms. The van der Waals surface area contributed by atoms with E-state index in [1.807, 2.05) is 37.4 Å². The topological polar surface area (TPSA) is 102 Å². The van der Waals surface area contributed by atoms with E-state index in [0.29, 0.717) is 6.42 Å². The Morgan fingerprint density at radius 2 is 1.87 bits per heavy atom. The summed E-state index contributed by atoms with van der Waals surface area (Å²) in [6.07, 6.45) is 7.50. The minimum Gasteiger partial charge on any atom is -0.497 e. The van der Waals surface area contributed by atoms with Gasteiger partial charge in [0, 0.05) is 17.8 Å². The number of nitriles is 1. The van der Waals surface area contributed by atoms with Gasteiger partial charge >= 0.3 is 0 Å². The molecule has 0 fully saturated rings. The number of rotatable bonds is 8. The van der Waals surface area contributed by atoms with E-state index in [1.165, 1.54) is 0 Å². The number of nitrogens with zero attached hydrogens (tertiary/aromatic N) is 5. The predicted octanol–water partition coefficient (Wildman–Crippen LogP) is 4.10. The summed E-state index contributed by atoms with van der Waals surface area (Å²) in [6.45, 7) is 1.97. The SMILES string of the molecule is COc1cc(CCc2cnc3[nH]c(-c4cnn(C(C)CC#N)c4)cc3n2)cc(OC)c1. The average molecular weight is 416 g/mol. The smallest absolute Gasteiger partial charge is 0.156 e. The Morgan fingerprint density at radius 3 is 2.58 bits per heavy atom. The third-order valence-corrected chi connectivity index (χ3v) is 5.22. The van der Waals surface area contributed by atoms with Crippen LogP contribution in [0.4, 0.5) is 0 Å². The third-order valence-electron chi connectivity index (χ3n) is 5.22. The first-order valence-electron chi connectivity index (χ1n) is 10.1. The van der Waals surface area contributed by atoms with E-state index in [0.717, 1.165) is 58.0 Å². The minimum absolute atomic E-state index is 0.0289. The summed E-state index contributed by atoms with van der Waals surface area (Å²) in [6, 6.07) is 10.1. The maximum atomic E-state index is 8.89. The van der Waals surface area contributed by atoms with Gasteiger partial charge in [0.1, 0.15) is 17.0 Å². The standard InChI is InChI=1S/C23H24N6O2/c1-15(6-7-24)29-14-17(12-26-29)21-11-22-23(28-21)25-13-18(27-22)5-4-16-8-19(30-2)10-20(9-16)31-3/h8-15H,4-6H2,1-3H3,(H,25,28). The lowest BCUT2D eigenvalue weighted by atomic mass is 10.1. The molecule has 0 aliphatic carbocycles. The maximum absolute atomic E-state index is 8.89. The predicted molar refractivity (Wildman–Crippen MR) is 117 cm³/mol. The maximum Gasteiger partial charge on any atom is 0.156 e. The number of H-pyrrole nitrogens is 1. The van der Waals surface area contributed by atoms with Gasteiger partial charge in [0.2, 0.25) is 0 Å². The molecule has 0 aliphatic heterocycles. The Kier molecular flexibility index (Phi) is 5.85. The Morgan fingerprint density at radius 1 is 1.10 bits per heavy atom. The summed E-state index contributed by atoms with van der Waals surface area (Å²) in [5, 5.41) is 13.3. The summed E-state index contributed by atoms with van der Waals surface area (Å²) < 4.78 is 12.5. The molecule has 0 saturated heterocycles. The van der Waals surface area contributed by atoms with E-state index in [2.05, 4.69) is 21.1 Å². The Balaban J connectivity index is 1.51. The highest BCUT2D eigenvalue weighted by molar-refractivity contribution is 5.79. The molecular formula is C23H24N6O2. The van der Waals surface area contributed by atoms with Crippen LogP contribution in [0.15, 0.2) is 42.9 Å². The fraction of sp³-hybridized carbons (Fsp3) is 0.304. The van der Waals surface area contributed by atoms with Crippen molar-refractivity contribution in [3.63, 3.8) is 0 Å². The fourth-order valence-electron chi connectivity index (χ4n) is 3.44. The Labute approximate surface area is 180 Å². The number of nitrogens with one attached hydrogen (secondary N) is 1. The number of aromatic amines is 1. The van der Waals surface area contributed by atoms with Crippen LogP contribution in [0.3, 0.4) is 0 Å². The third kappa shape index (κ3) is 4.51. The minimum atomic E-state index is 0.0289. The fourth-order valence-corrected chi connectivity index (χ4v) is 3.44. The van der Waals surface area contributed by atoms with Crippen molar-refractivity contribution in [2.45, 2.75) is 32.2 Å². The molecule has 0 spiro atoms. The largest absolute Gasteiger partial charge is 0.497 e. The van der Waals surface area contributed by atoms with Crippen molar-refractivity contribution in [2.24, 2.45) is 0 Å². The lowest BCUT2D eigenvalue weighted by molar-refractivity contribution is 0.393.